The normalized spacial score (nSPS) is 20.4. The minimum Gasteiger partial charge on any atom is -0.295 e. The van der Waals surface area contributed by atoms with Crippen LogP contribution >= 0.6 is 11.8 Å². The first-order valence-electron chi connectivity index (χ1n) is 3.04. The minimum absolute atomic E-state index is 0.764. The van der Waals surface area contributed by atoms with E-state index in [0.29, 0.717) is 0 Å². The summed E-state index contributed by atoms with van der Waals surface area (Å²) in [6.45, 7) is 1.72. The molecule has 50 valence electrons. The van der Waals surface area contributed by atoms with Gasteiger partial charge in [0, 0.05) is 30.5 Å². The fraction of sp³-hybridized carbons (Fsp3) is 0.667. The summed E-state index contributed by atoms with van der Waals surface area (Å²) in [5.74, 6) is 2.17. The lowest BCUT2D eigenvalue weighted by Crippen LogP contribution is -1.86. The van der Waals surface area contributed by atoms with Crippen molar-refractivity contribution in [2.75, 3.05) is 24.6 Å². The summed E-state index contributed by atoms with van der Waals surface area (Å²) >= 11 is 1.88. The van der Waals surface area contributed by atoms with Gasteiger partial charge in [-0.25, -0.2) is 0 Å². The van der Waals surface area contributed by atoms with Gasteiger partial charge in [0.2, 0.25) is 0 Å². The average molecular weight is 142 g/mol. The van der Waals surface area contributed by atoms with Gasteiger partial charge < -0.3 is 0 Å². The summed E-state index contributed by atoms with van der Waals surface area (Å²) in [5, 5.41) is 0. The van der Waals surface area contributed by atoms with Crippen molar-refractivity contribution in [3.63, 3.8) is 0 Å². The molecule has 1 aliphatic heterocycles. The second kappa shape index (κ2) is 4.56. The van der Waals surface area contributed by atoms with Crippen LogP contribution in [0.15, 0.2) is 9.98 Å². The molecule has 1 rings (SSSR count). The van der Waals surface area contributed by atoms with Crippen LogP contribution in [0.1, 0.15) is 0 Å². The van der Waals surface area contributed by atoms with Gasteiger partial charge in [-0.3, -0.25) is 9.98 Å². The Bertz CT molecular complexity index is 106. The first-order valence-corrected chi connectivity index (χ1v) is 4.20. The number of thioether (sulfide) groups is 1. The van der Waals surface area contributed by atoms with E-state index in [1.54, 1.807) is 0 Å². The third-order valence-electron chi connectivity index (χ3n) is 1.00. The maximum atomic E-state index is 4.13. The van der Waals surface area contributed by atoms with Gasteiger partial charge in [0.1, 0.15) is 0 Å². The lowest BCUT2D eigenvalue weighted by atomic mass is 10.7. The summed E-state index contributed by atoms with van der Waals surface area (Å²) < 4.78 is 0. The highest BCUT2D eigenvalue weighted by atomic mass is 32.2. The molecule has 0 fully saturated rings. The van der Waals surface area contributed by atoms with E-state index < -0.39 is 0 Å². The van der Waals surface area contributed by atoms with Crippen molar-refractivity contribution in [1.29, 1.82) is 0 Å². The molecule has 0 unspecified atom stereocenters. The van der Waals surface area contributed by atoms with Crippen LogP contribution in [0.5, 0.6) is 0 Å². The molecule has 0 radical (unpaired) electrons. The maximum absolute atomic E-state index is 4.13. The topological polar surface area (TPSA) is 24.7 Å². The third-order valence-corrected chi connectivity index (χ3v) is 1.86. The molecule has 2 nitrogen and oxygen atoms in total. The second-order valence-corrected chi connectivity index (χ2v) is 2.86. The summed E-state index contributed by atoms with van der Waals surface area (Å²) in [5.41, 5.74) is 0. The predicted octanol–water partition coefficient (Wildman–Crippen LogP) is 0.875. The van der Waals surface area contributed by atoms with Crippen LogP contribution in [-0.4, -0.2) is 37.0 Å². The molecule has 0 spiro atoms. The Morgan fingerprint density at radius 2 is 2.22 bits per heavy atom. The third kappa shape index (κ3) is 3.30. The zero-order chi connectivity index (χ0) is 6.36. The SMILES string of the molecule is C1=NCC=NCCSC1. The molecule has 9 heavy (non-hydrogen) atoms. The second-order valence-electron chi connectivity index (χ2n) is 1.71. The van der Waals surface area contributed by atoms with E-state index in [-0.39, 0.29) is 0 Å². The van der Waals surface area contributed by atoms with Gasteiger partial charge in [-0.15, -0.1) is 0 Å². The lowest BCUT2D eigenvalue weighted by Gasteiger charge is -1.88. The van der Waals surface area contributed by atoms with Gasteiger partial charge in [-0.1, -0.05) is 0 Å². The van der Waals surface area contributed by atoms with Crippen molar-refractivity contribution < 1.29 is 0 Å². The van der Waals surface area contributed by atoms with Crippen LogP contribution < -0.4 is 0 Å². The van der Waals surface area contributed by atoms with Crippen molar-refractivity contribution in [1.82, 2.24) is 0 Å². The summed E-state index contributed by atoms with van der Waals surface area (Å²) in [6, 6.07) is 0. The molecule has 1 heterocycles. The Hall–Kier alpha value is -0.310. The van der Waals surface area contributed by atoms with Gasteiger partial charge >= 0.3 is 0 Å². The molecule has 0 amide bonds. The number of hydrogen-bond donors (Lipinski definition) is 0. The maximum Gasteiger partial charge on any atom is 0.0734 e. The zero-order valence-electron chi connectivity index (χ0n) is 5.29. The van der Waals surface area contributed by atoms with E-state index in [2.05, 4.69) is 9.98 Å². The van der Waals surface area contributed by atoms with E-state index in [9.17, 15) is 0 Å². The molecule has 3 heteroatoms. The van der Waals surface area contributed by atoms with Crippen molar-refractivity contribution in [3.8, 4) is 0 Å². The van der Waals surface area contributed by atoms with Crippen LogP contribution in [0.25, 0.3) is 0 Å². The van der Waals surface area contributed by atoms with E-state index in [0.717, 1.165) is 24.6 Å². The molecular formula is C6H10N2S. The molecular weight excluding hydrogens is 132 g/mol. The molecule has 1 aliphatic rings. The van der Waals surface area contributed by atoms with Crippen LogP contribution in [0, 0.1) is 0 Å². The van der Waals surface area contributed by atoms with Gasteiger partial charge in [0.25, 0.3) is 0 Å². The van der Waals surface area contributed by atoms with Crippen LogP contribution in [0.3, 0.4) is 0 Å². The van der Waals surface area contributed by atoms with Crippen molar-refractivity contribution in [2.24, 2.45) is 9.98 Å². The molecule has 0 aromatic heterocycles. The van der Waals surface area contributed by atoms with Crippen molar-refractivity contribution in [2.45, 2.75) is 0 Å². The monoisotopic (exact) mass is 142 g/mol. The van der Waals surface area contributed by atoms with Crippen LogP contribution in [0.2, 0.25) is 0 Å². The quantitative estimate of drug-likeness (QED) is 0.492. The number of hydrogen-bond acceptors (Lipinski definition) is 3. The number of aliphatic imine (C=N–C) groups is 2. The molecule has 0 bridgehead atoms. The van der Waals surface area contributed by atoms with Gasteiger partial charge in [0.05, 0.1) is 6.54 Å². The fourth-order valence-electron chi connectivity index (χ4n) is 0.577. The van der Waals surface area contributed by atoms with E-state index in [4.69, 9.17) is 0 Å². The van der Waals surface area contributed by atoms with E-state index >= 15 is 0 Å². The Kier molecular flexibility index (Phi) is 3.45. The molecule has 0 aliphatic carbocycles. The number of nitrogens with zero attached hydrogens (tertiary/aromatic N) is 2. The minimum atomic E-state index is 0.764. The Balaban J connectivity index is 2.28. The molecule has 0 saturated carbocycles. The zero-order valence-corrected chi connectivity index (χ0v) is 6.10. The summed E-state index contributed by atoms with van der Waals surface area (Å²) in [4.78, 5) is 8.23. The standard InChI is InChI=1S/C6H10N2S/c1-2-8-4-6-9-5-3-7-1/h1,4H,2-3,5-6H2. The number of rotatable bonds is 0. The Morgan fingerprint density at radius 3 is 3.22 bits per heavy atom. The smallest absolute Gasteiger partial charge is 0.0734 e. The van der Waals surface area contributed by atoms with Gasteiger partial charge in [-0.2, -0.15) is 11.8 Å². The van der Waals surface area contributed by atoms with Gasteiger partial charge in [0.15, 0.2) is 0 Å². The first-order chi connectivity index (χ1) is 4.50. The Morgan fingerprint density at radius 1 is 1.22 bits per heavy atom. The predicted molar refractivity (Wildman–Crippen MR) is 44.0 cm³/mol. The Labute approximate surface area is 59.5 Å². The highest BCUT2D eigenvalue weighted by Gasteiger charge is 1.85. The lowest BCUT2D eigenvalue weighted by molar-refractivity contribution is 1.14. The first kappa shape index (κ1) is 6.81. The van der Waals surface area contributed by atoms with Crippen molar-refractivity contribution >= 4 is 24.2 Å². The van der Waals surface area contributed by atoms with E-state index in [1.165, 1.54) is 0 Å². The van der Waals surface area contributed by atoms with Crippen molar-refractivity contribution in [3.05, 3.63) is 0 Å². The molecule has 0 aromatic carbocycles. The molecule has 0 saturated heterocycles. The molecule has 0 N–H and O–H groups in total. The highest BCUT2D eigenvalue weighted by molar-refractivity contribution is 7.99. The van der Waals surface area contributed by atoms with Gasteiger partial charge in [-0.05, 0) is 0 Å². The highest BCUT2D eigenvalue weighted by Crippen LogP contribution is 1.97. The molecule has 0 aromatic rings. The largest absolute Gasteiger partial charge is 0.295 e. The summed E-state index contributed by atoms with van der Waals surface area (Å²) in [6.07, 6.45) is 3.84. The van der Waals surface area contributed by atoms with Crippen LogP contribution in [-0.2, 0) is 0 Å². The average Bonchev–Trinajstić information content (AvgIpc) is 2.00. The van der Waals surface area contributed by atoms with E-state index in [1.807, 2.05) is 24.2 Å². The fourth-order valence-corrected chi connectivity index (χ4v) is 1.19. The van der Waals surface area contributed by atoms with Crippen LogP contribution in [0.4, 0.5) is 0 Å². The molecule has 0 atom stereocenters. The summed E-state index contributed by atoms with van der Waals surface area (Å²) in [7, 11) is 0.